The van der Waals surface area contributed by atoms with Crippen LogP contribution >= 0.6 is 0 Å². The minimum atomic E-state index is -0.958. The highest BCUT2D eigenvalue weighted by Crippen LogP contribution is 2.37. The van der Waals surface area contributed by atoms with E-state index in [1.54, 1.807) is 32.9 Å². The van der Waals surface area contributed by atoms with Crippen molar-refractivity contribution in [3.63, 3.8) is 0 Å². The quantitative estimate of drug-likeness (QED) is 0.443. The number of hydrogen-bond donors (Lipinski definition) is 2. The Hall–Kier alpha value is -2.18. The maximum Gasteiger partial charge on any atom is 0.334 e. The first-order valence-electron chi connectivity index (χ1n) is 8.61. The highest BCUT2D eigenvalue weighted by molar-refractivity contribution is 5.92. The molecule has 0 aromatic rings. The Bertz CT molecular complexity index is 686. The van der Waals surface area contributed by atoms with E-state index in [1.165, 1.54) is 0 Å². The van der Waals surface area contributed by atoms with Gasteiger partial charge in [-0.1, -0.05) is 19.2 Å². The fourth-order valence-corrected chi connectivity index (χ4v) is 3.10. The summed E-state index contributed by atoms with van der Waals surface area (Å²) in [6.07, 6.45) is 0.173. The second-order valence-electron chi connectivity index (χ2n) is 6.88. The first-order chi connectivity index (χ1) is 12.1. The number of esters is 2. The Kier molecular flexibility index (Phi) is 6.21. The molecular formula is C20H26O6. The molecule has 1 fully saturated rings. The van der Waals surface area contributed by atoms with Gasteiger partial charge < -0.3 is 19.7 Å². The van der Waals surface area contributed by atoms with Crippen LogP contribution in [0.3, 0.4) is 0 Å². The molecule has 1 aliphatic heterocycles. The van der Waals surface area contributed by atoms with Crippen LogP contribution < -0.4 is 0 Å². The van der Waals surface area contributed by atoms with Crippen LogP contribution in [0.2, 0.25) is 0 Å². The normalized spacial score (nSPS) is 35.3. The van der Waals surface area contributed by atoms with Crippen molar-refractivity contribution in [1.82, 2.24) is 0 Å². The van der Waals surface area contributed by atoms with E-state index < -0.39 is 42.3 Å². The lowest BCUT2D eigenvalue weighted by atomic mass is 9.83. The number of ether oxygens (including phenoxy) is 2. The van der Waals surface area contributed by atoms with Gasteiger partial charge in [-0.25, -0.2) is 9.59 Å². The molecule has 0 saturated carbocycles. The lowest BCUT2D eigenvalue weighted by Gasteiger charge is -2.30. The molecule has 142 valence electrons. The number of hydrogen-bond acceptors (Lipinski definition) is 6. The van der Waals surface area contributed by atoms with Crippen molar-refractivity contribution in [1.29, 1.82) is 0 Å². The smallest absolute Gasteiger partial charge is 0.334 e. The summed E-state index contributed by atoms with van der Waals surface area (Å²) in [6.45, 7) is 12.7. The van der Waals surface area contributed by atoms with Crippen molar-refractivity contribution in [3.05, 3.63) is 47.6 Å². The maximum absolute atomic E-state index is 12.3. The first-order valence-corrected chi connectivity index (χ1v) is 8.61. The highest BCUT2D eigenvalue weighted by Gasteiger charge is 2.45. The molecule has 2 aliphatic rings. The Labute approximate surface area is 153 Å². The summed E-state index contributed by atoms with van der Waals surface area (Å²) in [7, 11) is 0. The number of aliphatic hydroxyl groups is 2. The number of rotatable bonds is 2. The molecule has 2 N–H and O–H groups in total. The molecule has 1 saturated heterocycles. The van der Waals surface area contributed by atoms with E-state index in [9.17, 15) is 19.8 Å². The van der Waals surface area contributed by atoms with Gasteiger partial charge in [-0.05, 0) is 38.0 Å². The average Bonchev–Trinajstić information content (AvgIpc) is 2.86. The standard InChI is InChI=1S/C20H26O6/c1-6-10(2)19(23)25-16-7-11(3)14(21)9-15(22)12(4)8-17-18(16)13(5)20(24)26-17/h6,8,14-18,21-22H,3,5,7,9H2,1-2,4H3/b10-6+,12-8-/t14-,15+,16-,17-,18-/m1/s1. The van der Waals surface area contributed by atoms with Gasteiger partial charge in [-0.15, -0.1) is 0 Å². The predicted molar refractivity (Wildman–Crippen MR) is 96.0 cm³/mol. The third kappa shape index (κ3) is 4.14. The maximum atomic E-state index is 12.3. The summed E-state index contributed by atoms with van der Waals surface area (Å²) in [6, 6.07) is 0. The van der Waals surface area contributed by atoms with Crippen LogP contribution in [0.15, 0.2) is 47.6 Å². The van der Waals surface area contributed by atoms with Crippen molar-refractivity contribution in [2.24, 2.45) is 5.92 Å². The number of fused-ring (bicyclic) bond motifs is 1. The van der Waals surface area contributed by atoms with Crippen LogP contribution in [0.1, 0.15) is 33.6 Å². The SMILES string of the molecule is C=C1C(=O)O[C@@H]2/C=C(/C)[C@@H](O)C[C@@H](O)C(=C)C[C@@H](OC(=O)/C(C)=C/C)[C@@H]12. The van der Waals surface area contributed by atoms with Gasteiger partial charge in [0, 0.05) is 24.0 Å². The van der Waals surface area contributed by atoms with Gasteiger partial charge in [-0.3, -0.25) is 0 Å². The van der Waals surface area contributed by atoms with Crippen molar-refractivity contribution < 1.29 is 29.3 Å². The summed E-state index contributed by atoms with van der Waals surface area (Å²) >= 11 is 0. The molecule has 2 rings (SSSR count). The van der Waals surface area contributed by atoms with Gasteiger partial charge in [-0.2, -0.15) is 0 Å². The predicted octanol–water partition coefficient (Wildman–Crippen LogP) is 1.98. The van der Waals surface area contributed by atoms with Crippen LogP contribution in [-0.4, -0.2) is 46.6 Å². The second kappa shape index (κ2) is 8.01. The van der Waals surface area contributed by atoms with E-state index in [0.717, 1.165) is 0 Å². The van der Waals surface area contributed by atoms with E-state index in [2.05, 4.69) is 13.2 Å². The molecule has 1 heterocycles. The topological polar surface area (TPSA) is 93.1 Å². The average molecular weight is 362 g/mol. The number of carbonyl (C=O) groups is 2. The number of allylic oxidation sites excluding steroid dienone is 1. The molecule has 0 aromatic heterocycles. The lowest BCUT2D eigenvalue weighted by Crippen LogP contribution is -2.36. The Morgan fingerprint density at radius 3 is 2.62 bits per heavy atom. The monoisotopic (exact) mass is 362 g/mol. The zero-order valence-corrected chi connectivity index (χ0v) is 15.4. The zero-order chi connectivity index (χ0) is 19.6. The van der Waals surface area contributed by atoms with E-state index >= 15 is 0 Å². The van der Waals surface area contributed by atoms with Crippen molar-refractivity contribution in [2.75, 3.05) is 0 Å². The van der Waals surface area contributed by atoms with Crippen LogP contribution in [0.25, 0.3) is 0 Å². The minimum Gasteiger partial charge on any atom is -0.458 e. The third-order valence-electron chi connectivity index (χ3n) is 5.01. The van der Waals surface area contributed by atoms with Crippen molar-refractivity contribution in [3.8, 4) is 0 Å². The lowest BCUT2D eigenvalue weighted by molar-refractivity contribution is -0.147. The second-order valence-corrected chi connectivity index (χ2v) is 6.88. The third-order valence-corrected chi connectivity index (χ3v) is 5.01. The molecule has 6 nitrogen and oxygen atoms in total. The fourth-order valence-electron chi connectivity index (χ4n) is 3.10. The van der Waals surface area contributed by atoms with Gasteiger partial charge in [0.05, 0.1) is 18.1 Å². The molecule has 1 aliphatic carbocycles. The van der Waals surface area contributed by atoms with Gasteiger partial charge >= 0.3 is 11.9 Å². The summed E-state index contributed by atoms with van der Waals surface area (Å²) < 4.78 is 11.0. The van der Waals surface area contributed by atoms with Crippen LogP contribution in [-0.2, 0) is 19.1 Å². The molecule has 0 aromatic carbocycles. The molecule has 0 radical (unpaired) electrons. The highest BCUT2D eigenvalue weighted by atomic mass is 16.6. The van der Waals surface area contributed by atoms with Gasteiger partial charge in [0.15, 0.2) is 0 Å². The van der Waals surface area contributed by atoms with Crippen LogP contribution in [0.5, 0.6) is 0 Å². The van der Waals surface area contributed by atoms with E-state index in [-0.39, 0.29) is 18.4 Å². The Balaban J connectivity index is 2.45. The van der Waals surface area contributed by atoms with E-state index in [0.29, 0.717) is 16.7 Å². The molecule has 6 heteroatoms. The van der Waals surface area contributed by atoms with Gasteiger partial charge in [0.1, 0.15) is 12.2 Å². The molecule has 0 unspecified atom stereocenters. The van der Waals surface area contributed by atoms with Crippen molar-refractivity contribution >= 4 is 11.9 Å². The summed E-state index contributed by atoms with van der Waals surface area (Å²) in [5, 5.41) is 20.5. The van der Waals surface area contributed by atoms with Gasteiger partial charge in [0.25, 0.3) is 0 Å². The van der Waals surface area contributed by atoms with E-state index in [1.807, 2.05) is 0 Å². The molecule has 26 heavy (non-hydrogen) atoms. The van der Waals surface area contributed by atoms with Gasteiger partial charge in [0.2, 0.25) is 0 Å². The molecule has 0 amide bonds. The summed E-state index contributed by atoms with van der Waals surface area (Å²) in [5.74, 6) is -1.68. The summed E-state index contributed by atoms with van der Waals surface area (Å²) in [4.78, 5) is 24.3. The Morgan fingerprint density at radius 1 is 1.35 bits per heavy atom. The molecular weight excluding hydrogens is 336 g/mol. The number of aliphatic hydroxyl groups excluding tert-OH is 2. The van der Waals surface area contributed by atoms with Crippen LogP contribution in [0, 0.1) is 5.92 Å². The molecule has 5 atom stereocenters. The molecule has 0 bridgehead atoms. The summed E-state index contributed by atoms with van der Waals surface area (Å²) in [5.41, 5.74) is 1.61. The fraction of sp³-hybridized carbons (Fsp3) is 0.500. The zero-order valence-electron chi connectivity index (χ0n) is 15.4. The van der Waals surface area contributed by atoms with Crippen LogP contribution in [0.4, 0.5) is 0 Å². The Morgan fingerprint density at radius 2 is 2.00 bits per heavy atom. The number of carbonyl (C=O) groups excluding carboxylic acids is 2. The molecule has 0 spiro atoms. The van der Waals surface area contributed by atoms with Crippen molar-refractivity contribution in [2.45, 2.75) is 58.0 Å². The largest absolute Gasteiger partial charge is 0.458 e. The minimum absolute atomic E-state index is 0.0714. The van der Waals surface area contributed by atoms with E-state index in [4.69, 9.17) is 9.47 Å². The first kappa shape index (κ1) is 20.1.